The van der Waals surface area contributed by atoms with Crippen molar-refractivity contribution in [3.8, 4) is 5.69 Å². The van der Waals surface area contributed by atoms with E-state index in [2.05, 4.69) is 10.4 Å². The van der Waals surface area contributed by atoms with Gasteiger partial charge in [-0.2, -0.15) is 5.10 Å². The summed E-state index contributed by atoms with van der Waals surface area (Å²) < 4.78 is 1.65. The second kappa shape index (κ2) is 7.51. The molecule has 0 aliphatic heterocycles. The van der Waals surface area contributed by atoms with Crippen LogP contribution in [0.5, 0.6) is 0 Å². The minimum atomic E-state index is -1.01. The van der Waals surface area contributed by atoms with Gasteiger partial charge in [0.1, 0.15) is 5.78 Å². The molecule has 0 bridgehead atoms. The Morgan fingerprint density at radius 3 is 2.61 bits per heavy atom. The monoisotopic (exact) mass is 401 g/mol. The Hall–Kier alpha value is -2.47. The summed E-state index contributed by atoms with van der Waals surface area (Å²) >= 11 is 6.08. The Labute approximate surface area is 169 Å². The summed E-state index contributed by atoms with van der Waals surface area (Å²) in [6, 6.07) is 3.96. The quantitative estimate of drug-likeness (QED) is 0.780. The number of rotatable bonds is 5. The van der Waals surface area contributed by atoms with Crippen LogP contribution in [0.1, 0.15) is 43.4 Å². The van der Waals surface area contributed by atoms with Gasteiger partial charge in [0.15, 0.2) is 5.78 Å². The van der Waals surface area contributed by atoms with E-state index in [-0.39, 0.29) is 36.2 Å². The van der Waals surface area contributed by atoms with E-state index in [9.17, 15) is 14.4 Å². The van der Waals surface area contributed by atoms with Crippen LogP contribution in [-0.4, -0.2) is 33.8 Å². The topological polar surface area (TPSA) is 81.1 Å². The highest BCUT2D eigenvalue weighted by molar-refractivity contribution is 6.30. The van der Waals surface area contributed by atoms with Crippen LogP contribution in [0.25, 0.3) is 5.69 Å². The van der Waals surface area contributed by atoms with Crippen molar-refractivity contribution in [3.63, 3.8) is 0 Å². The number of hydrogen-bond acceptors (Lipinski definition) is 4. The molecule has 2 atom stereocenters. The fourth-order valence-electron chi connectivity index (χ4n) is 4.34. The molecule has 1 N–H and O–H groups in total. The number of carbonyl (C=O) groups is 3. The lowest BCUT2D eigenvalue weighted by atomic mass is 9.66. The number of hydrogen-bond donors (Lipinski definition) is 1. The van der Waals surface area contributed by atoms with Gasteiger partial charge >= 0.3 is 0 Å². The Kier molecular flexibility index (Phi) is 5.44. The van der Waals surface area contributed by atoms with Crippen molar-refractivity contribution in [2.24, 2.45) is 5.92 Å². The molecule has 0 spiro atoms. The third-order valence-corrected chi connectivity index (χ3v) is 5.73. The number of carbonyl (C=O) groups excluding carboxylic acids is 3. The molecule has 28 heavy (non-hydrogen) atoms. The summed E-state index contributed by atoms with van der Waals surface area (Å²) in [7, 11) is 0. The number of Topliss-reactive ketones (excluding diaryl/α,β-unsaturated/α-hetero) is 2. The lowest BCUT2D eigenvalue weighted by Gasteiger charge is -2.37. The molecule has 0 saturated heterocycles. The van der Waals surface area contributed by atoms with Crippen molar-refractivity contribution in [2.45, 2.75) is 46.0 Å². The fourth-order valence-corrected chi connectivity index (χ4v) is 4.48. The van der Waals surface area contributed by atoms with E-state index in [0.29, 0.717) is 11.6 Å². The van der Waals surface area contributed by atoms with Crippen molar-refractivity contribution >= 4 is 29.1 Å². The third kappa shape index (κ3) is 3.49. The summed E-state index contributed by atoms with van der Waals surface area (Å²) in [5, 5.41) is 7.61. The number of amides is 1. The van der Waals surface area contributed by atoms with Gasteiger partial charge in [-0.1, -0.05) is 24.6 Å². The predicted octanol–water partition coefficient (Wildman–Crippen LogP) is 3.08. The van der Waals surface area contributed by atoms with Crippen LogP contribution < -0.4 is 5.32 Å². The van der Waals surface area contributed by atoms with Gasteiger partial charge in [-0.15, -0.1) is 0 Å². The van der Waals surface area contributed by atoms with Crippen molar-refractivity contribution < 1.29 is 14.4 Å². The number of aryl methyl sites for hydroxylation is 2. The van der Waals surface area contributed by atoms with Crippen LogP contribution in [-0.2, 0) is 19.8 Å². The maximum Gasteiger partial charge on any atom is 0.216 e. The largest absolute Gasteiger partial charge is 0.356 e. The van der Waals surface area contributed by atoms with Gasteiger partial charge < -0.3 is 5.32 Å². The number of nitrogens with one attached hydrogen (secondary N) is 1. The molecule has 1 aliphatic rings. The highest BCUT2D eigenvalue weighted by atomic mass is 35.5. The second-order valence-corrected chi connectivity index (χ2v) is 8.14. The molecule has 1 fully saturated rings. The molecular formula is C21H24ClN3O3. The van der Waals surface area contributed by atoms with Crippen LogP contribution in [0.15, 0.2) is 24.5 Å². The number of nitrogens with zero attached hydrogens (tertiary/aromatic N) is 2. The van der Waals surface area contributed by atoms with Crippen LogP contribution >= 0.6 is 11.6 Å². The maximum absolute atomic E-state index is 13.2. The first kappa shape index (κ1) is 20.3. The molecule has 3 rings (SSSR count). The standard InChI is InChI=1S/C21H24ClN3O3/c1-12-5-13(2)20(18(6-12)25-11-16(22)10-24-25)21(8-17(27)7-19(21)28)14(3)9-23-15(4)26/h5-6,10-11,14H,7-9H2,1-4H3,(H,23,26). The van der Waals surface area contributed by atoms with E-state index >= 15 is 0 Å². The zero-order valence-corrected chi connectivity index (χ0v) is 17.3. The molecule has 1 amide bonds. The van der Waals surface area contributed by atoms with Gasteiger partial charge in [-0.25, -0.2) is 4.68 Å². The van der Waals surface area contributed by atoms with E-state index in [0.717, 1.165) is 22.4 Å². The average molecular weight is 402 g/mol. The van der Waals surface area contributed by atoms with Gasteiger partial charge in [0.25, 0.3) is 0 Å². The highest BCUT2D eigenvalue weighted by Gasteiger charge is 2.53. The number of benzene rings is 1. The molecule has 1 saturated carbocycles. The highest BCUT2D eigenvalue weighted by Crippen LogP contribution is 2.46. The summed E-state index contributed by atoms with van der Waals surface area (Å²) in [6.07, 6.45) is 3.26. The molecule has 0 radical (unpaired) electrons. The minimum absolute atomic E-state index is 0.0795. The van der Waals surface area contributed by atoms with E-state index in [4.69, 9.17) is 11.6 Å². The van der Waals surface area contributed by atoms with Gasteiger partial charge in [0, 0.05) is 26.1 Å². The normalized spacial score (nSPS) is 20.5. The summed E-state index contributed by atoms with van der Waals surface area (Å²) in [6.45, 7) is 7.57. The molecular weight excluding hydrogens is 378 g/mol. The van der Waals surface area contributed by atoms with Gasteiger partial charge in [0.2, 0.25) is 5.91 Å². The van der Waals surface area contributed by atoms with Gasteiger partial charge in [0.05, 0.1) is 28.7 Å². The molecule has 6 nitrogen and oxygen atoms in total. The fraction of sp³-hybridized carbons (Fsp3) is 0.429. The molecule has 2 unspecified atom stereocenters. The SMILES string of the molecule is CC(=O)NCC(C)C1(c2c(C)cc(C)cc2-n2cc(Cl)cn2)CC(=O)CC1=O. The van der Waals surface area contributed by atoms with Crippen molar-refractivity contribution in [1.82, 2.24) is 15.1 Å². The average Bonchev–Trinajstić information content (AvgIpc) is 3.15. The lowest BCUT2D eigenvalue weighted by molar-refractivity contribution is -0.125. The molecule has 1 aromatic heterocycles. The first-order valence-corrected chi connectivity index (χ1v) is 9.64. The molecule has 7 heteroatoms. The zero-order chi connectivity index (χ0) is 20.6. The number of aromatic nitrogens is 2. The van der Waals surface area contributed by atoms with Crippen LogP contribution in [0, 0.1) is 19.8 Å². The lowest BCUT2D eigenvalue weighted by Crippen LogP contribution is -2.45. The summed E-state index contributed by atoms with van der Waals surface area (Å²) in [5.74, 6) is -0.620. The van der Waals surface area contributed by atoms with Crippen molar-refractivity contribution in [2.75, 3.05) is 6.54 Å². The Morgan fingerprint density at radius 2 is 2.07 bits per heavy atom. The van der Waals surface area contributed by atoms with E-state index in [1.807, 2.05) is 32.9 Å². The van der Waals surface area contributed by atoms with Crippen molar-refractivity contribution in [1.29, 1.82) is 0 Å². The first-order chi connectivity index (χ1) is 13.1. The molecule has 1 aromatic carbocycles. The smallest absolute Gasteiger partial charge is 0.216 e. The van der Waals surface area contributed by atoms with E-state index < -0.39 is 5.41 Å². The molecule has 1 heterocycles. The molecule has 148 valence electrons. The predicted molar refractivity (Wildman–Crippen MR) is 107 cm³/mol. The molecule has 2 aromatic rings. The number of ketones is 2. The minimum Gasteiger partial charge on any atom is -0.356 e. The third-order valence-electron chi connectivity index (χ3n) is 5.53. The number of halogens is 1. The Bertz CT molecular complexity index is 966. The van der Waals surface area contributed by atoms with Crippen LogP contribution in [0.4, 0.5) is 0 Å². The van der Waals surface area contributed by atoms with Crippen LogP contribution in [0.2, 0.25) is 5.02 Å². The Morgan fingerprint density at radius 1 is 1.36 bits per heavy atom. The summed E-state index contributed by atoms with van der Waals surface area (Å²) in [5.41, 5.74) is 2.45. The van der Waals surface area contributed by atoms with Gasteiger partial charge in [-0.05, 0) is 42.5 Å². The van der Waals surface area contributed by atoms with E-state index in [1.54, 1.807) is 10.9 Å². The second-order valence-electron chi connectivity index (χ2n) is 7.70. The van der Waals surface area contributed by atoms with Crippen LogP contribution in [0.3, 0.4) is 0 Å². The first-order valence-electron chi connectivity index (χ1n) is 9.27. The van der Waals surface area contributed by atoms with E-state index in [1.165, 1.54) is 13.1 Å². The Balaban J connectivity index is 2.25. The van der Waals surface area contributed by atoms with Crippen molar-refractivity contribution in [3.05, 3.63) is 46.2 Å². The van der Waals surface area contributed by atoms with Gasteiger partial charge in [-0.3, -0.25) is 14.4 Å². The maximum atomic E-state index is 13.2. The zero-order valence-electron chi connectivity index (χ0n) is 16.5. The molecule has 1 aliphatic carbocycles. The summed E-state index contributed by atoms with van der Waals surface area (Å²) in [4.78, 5) is 37.1.